The van der Waals surface area contributed by atoms with Crippen molar-refractivity contribution in [2.24, 2.45) is 5.92 Å². The van der Waals surface area contributed by atoms with Crippen LogP contribution in [0.4, 0.5) is 13.2 Å². The largest absolute Gasteiger partial charge is 0.338 e. The van der Waals surface area contributed by atoms with E-state index in [-0.39, 0.29) is 30.5 Å². The fourth-order valence-corrected chi connectivity index (χ4v) is 4.95. The van der Waals surface area contributed by atoms with Gasteiger partial charge in [-0.1, -0.05) is 30.3 Å². The van der Waals surface area contributed by atoms with Gasteiger partial charge in [0.2, 0.25) is 15.9 Å². The summed E-state index contributed by atoms with van der Waals surface area (Å²) in [6, 6.07) is 9.49. The summed E-state index contributed by atoms with van der Waals surface area (Å²) in [6.45, 7) is -0.224. The number of nitrogens with one attached hydrogen (secondary N) is 1. The van der Waals surface area contributed by atoms with Crippen LogP contribution in [0, 0.1) is 17.6 Å². The first-order chi connectivity index (χ1) is 14.2. The van der Waals surface area contributed by atoms with E-state index in [1.165, 1.54) is 23.1 Å². The Kier molecular flexibility index (Phi) is 5.36. The van der Waals surface area contributed by atoms with E-state index in [0.717, 1.165) is 6.26 Å². The minimum absolute atomic E-state index is 0.0418. The molecule has 1 saturated carbocycles. The lowest BCUT2D eigenvalue weighted by Gasteiger charge is -2.17. The number of likely N-dealkylation sites (tertiary alicyclic amines) is 1. The number of amides is 1. The topological polar surface area (TPSA) is 66.5 Å². The van der Waals surface area contributed by atoms with Crippen molar-refractivity contribution in [3.8, 4) is 11.1 Å². The zero-order chi connectivity index (χ0) is 21.6. The number of benzene rings is 2. The fraction of sp³-hybridized carbons (Fsp3) is 0.381. The highest BCUT2D eigenvalue weighted by Gasteiger charge is 2.49. The number of alkyl halides is 1. The van der Waals surface area contributed by atoms with Gasteiger partial charge in [-0.25, -0.2) is 26.3 Å². The van der Waals surface area contributed by atoms with Crippen LogP contribution in [0.2, 0.25) is 0 Å². The van der Waals surface area contributed by atoms with Gasteiger partial charge < -0.3 is 4.90 Å². The van der Waals surface area contributed by atoms with Crippen molar-refractivity contribution in [2.45, 2.75) is 24.6 Å². The molecule has 2 fully saturated rings. The zero-order valence-electron chi connectivity index (χ0n) is 16.2. The van der Waals surface area contributed by atoms with E-state index >= 15 is 0 Å². The number of sulfonamides is 1. The van der Waals surface area contributed by atoms with E-state index in [4.69, 9.17) is 0 Å². The molecule has 2 aromatic rings. The molecule has 1 aliphatic carbocycles. The Morgan fingerprint density at radius 2 is 1.73 bits per heavy atom. The molecule has 1 aliphatic heterocycles. The number of carbonyl (C=O) groups is 1. The van der Waals surface area contributed by atoms with Gasteiger partial charge in [0, 0.05) is 12.5 Å². The number of carbonyl (C=O) groups excluding carboxylic acids is 1. The molecule has 160 valence electrons. The number of hydrogen-bond donors (Lipinski definition) is 1. The molecule has 9 heteroatoms. The first kappa shape index (κ1) is 20.9. The van der Waals surface area contributed by atoms with Crippen molar-refractivity contribution in [2.75, 3.05) is 19.3 Å². The lowest BCUT2D eigenvalue weighted by Crippen LogP contribution is -2.41. The van der Waals surface area contributed by atoms with E-state index in [1.807, 2.05) is 0 Å². The van der Waals surface area contributed by atoms with Gasteiger partial charge in [0.25, 0.3) is 0 Å². The third-order valence-electron chi connectivity index (χ3n) is 5.63. The average Bonchev–Trinajstić information content (AvgIpc) is 3.38. The summed E-state index contributed by atoms with van der Waals surface area (Å²) in [5.74, 6) is -2.29. The standard InChI is InChI=1S/C21H21F3N2O3S/c1-30(28,29)25-19-11-26(10-18(19)24)21(27)15-9-14(15)12-5-2-3-6-13(12)20-16(22)7-4-8-17(20)23/h2-8,14-15,18-19,25H,9-11H2,1H3/t14-,15+,18-,19+/m0/s1. The van der Waals surface area contributed by atoms with E-state index in [2.05, 4.69) is 4.72 Å². The molecule has 4 atom stereocenters. The van der Waals surface area contributed by atoms with Crippen LogP contribution in [0.1, 0.15) is 17.9 Å². The average molecular weight is 438 g/mol. The molecular formula is C21H21F3N2O3S. The normalized spacial score (nSPS) is 26.1. The Labute approximate surface area is 172 Å². The Balaban J connectivity index is 1.53. The highest BCUT2D eigenvalue weighted by molar-refractivity contribution is 7.88. The van der Waals surface area contributed by atoms with E-state index in [1.54, 1.807) is 24.3 Å². The van der Waals surface area contributed by atoms with Gasteiger partial charge >= 0.3 is 0 Å². The molecule has 1 N–H and O–H groups in total. The fourth-order valence-electron chi connectivity index (χ4n) is 4.18. The molecule has 1 saturated heterocycles. The zero-order valence-corrected chi connectivity index (χ0v) is 17.0. The quantitative estimate of drug-likeness (QED) is 0.781. The van der Waals surface area contributed by atoms with Crippen LogP contribution in [0.15, 0.2) is 42.5 Å². The first-order valence-electron chi connectivity index (χ1n) is 9.59. The molecule has 0 radical (unpaired) electrons. The molecule has 30 heavy (non-hydrogen) atoms. The van der Waals surface area contributed by atoms with Crippen molar-refractivity contribution in [3.05, 3.63) is 59.7 Å². The molecule has 0 bridgehead atoms. The molecule has 1 amide bonds. The van der Waals surface area contributed by atoms with Gasteiger partial charge in [0.15, 0.2) is 0 Å². The van der Waals surface area contributed by atoms with Crippen LogP contribution >= 0.6 is 0 Å². The predicted molar refractivity (Wildman–Crippen MR) is 106 cm³/mol. The van der Waals surface area contributed by atoms with E-state index in [9.17, 15) is 26.4 Å². The second-order valence-corrected chi connectivity index (χ2v) is 9.67. The van der Waals surface area contributed by atoms with Gasteiger partial charge in [-0.15, -0.1) is 0 Å². The van der Waals surface area contributed by atoms with Gasteiger partial charge in [0.05, 0.1) is 24.4 Å². The second kappa shape index (κ2) is 7.70. The van der Waals surface area contributed by atoms with Gasteiger partial charge in [0.1, 0.15) is 17.8 Å². The first-order valence-corrected chi connectivity index (χ1v) is 11.5. The lowest BCUT2D eigenvalue weighted by molar-refractivity contribution is -0.131. The minimum atomic E-state index is -3.59. The summed E-state index contributed by atoms with van der Waals surface area (Å²) in [5, 5.41) is 0. The maximum atomic E-state index is 14.3. The van der Waals surface area contributed by atoms with E-state index in [0.29, 0.717) is 17.5 Å². The van der Waals surface area contributed by atoms with Crippen LogP contribution in [-0.4, -0.2) is 50.8 Å². The molecule has 0 unspecified atom stereocenters. The number of hydrogen-bond acceptors (Lipinski definition) is 3. The van der Waals surface area contributed by atoms with Crippen LogP contribution in [-0.2, 0) is 14.8 Å². The Hall–Kier alpha value is -2.39. The smallest absolute Gasteiger partial charge is 0.226 e. The van der Waals surface area contributed by atoms with Crippen LogP contribution in [0.5, 0.6) is 0 Å². The maximum Gasteiger partial charge on any atom is 0.226 e. The molecular weight excluding hydrogens is 417 g/mol. The summed E-state index contributed by atoms with van der Waals surface area (Å²) >= 11 is 0. The van der Waals surface area contributed by atoms with Crippen LogP contribution in [0.3, 0.4) is 0 Å². The molecule has 1 heterocycles. The highest BCUT2D eigenvalue weighted by atomic mass is 32.2. The minimum Gasteiger partial charge on any atom is -0.338 e. The number of halogens is 3. The van der Waals surface area contributed by atoms with Crippen molar-refractivity contribution in [1.82, 2.24) is 9.62 Å². The number of rotatable bonds is 5. The van der Waals surface area contributed by atoms with Crippen molar-refractivity contribution in [1.29, 1.82) is 0 Å². The summed E-state index contributed by atoms with van der Waals surface area (Å²) in [7, 11) is -3.59. The predicted octanol–water partition coefficient (Wildman–Crippen LogP) is 2.83. The molecule has 0 spiro atoms. The van der Waals surface area contributed by atoms with E-state index < -0.39 is 39.8 Å². The second-order valence-electron chi connectivity index (χ2n) is 7.89. The molecule has 4 rings (SSSR count). The molecule has 2 aliphatic rings. The third kappa shape index (κ3) is 4.09. The Morgan fingerprint density at radius 1 is 1.07 bits per heavy atom. The number of nitrogens with zero attached hydrogens (tertiary/aromatic N) is 1. The van der Waals surface area contributed by atoms with Gasteiger partial charge in [-0.2, -0.15) is 0 Å². The van der Waals surface area contributed by atoms with Crippen molar-refractivity contribution < 1.29 is 26.4 Å². The van der Waals surface area contributed by atoms with Crippen molar-refractivity contribution >= 4 is 15.9 Å². The summed E-state index contributed by atoms with van der Waals surface area (Å²) in [5.41, 5.74) is 0.935. The molecule has 2 aromatic carbocycles. The Morgan fingerprint density at radius 3 is 2.40 bits per heavy atom. The third-order valence-corrected chi connectivity index (χ3v) is 6.36. The molecule has 5 nitrogen and oxygen atoms in total. The van der Waals surface area contributed by atoms with Crippen molar-refractivity contribution in [3.63, 3.8) is 0 Å². The summed E-state index contributed by atoms with van der Waals surface area (Å²) in [6.07, 6.45) is -0.0515. The SMILES string of the molecule is CS(=O)(=O)N[C@@H]1CN(C(=O)[C@@H]2C[C@H]2c2ccccc2-c2c(F)cccc2F)C[C@@H]1F. The van der Waals surface area contributed by atoms with Crippen LogP contribution in [0.25, 0.3) is 11.1 Å². The Bertz CT molecular complexity index is 1070. The maximum absolute atomic E-state index is 14.3. The highest BCUT2D eigenvalue weighted by Crippen LogP contribution is 2.51. The lowest BCUT2D eigenvalue weighted by atomic mass is 9.95. The monoisotopic (exact) mass is 438 g/mol. The summed E-state index contributed by atoms with van der Waals surface area (Å²) in [4.78, 5) is 14.2. The molecule has 0 aromatic heterocycles. The van der Waals surface area contributed by atoms with Gasteiger partial charge in [-0.05, 0) is 35.6 Å². The summed E-state index contributed by atoms with van der Waals surface area (Å²) < 4.78 is 67.8. The van der Waals surface area contributed by atoms with Crippen LogP contribution < -0.4 is 4.72 Å². The van der Waals surface area contributed by atoms with Gasteiger partial charge in [-0.3, -0.25) is 4.79 Å².